The topological polar surface area (TPSA) is 97.8 Å². The molecule has 2 heterocycles. The molecule has 0 bridgehead atoms. The fourth-order valence-electron chi connectivity index (χ4n) is 2.92. The predicted molar refractivity (Wildman–Crippen MR) is 96.9 cm³/mol. The van der Waals surface area contributed by atoms with Crippen LogP contribution in [0.3, 0.4) is 0 Å². The number of carbonyl (C=O) groups excluding carboxylic acids is 3. The minimum absolute atomic E-state index is 0.0678. The van der Waals surface area contributed by atoms with Gasteiger partial charge >= 0.3 is 6.18 Å². The Balaban J connectivity index is 1.81. The monoisotopic (exact) mass is 423 g/mol. The summed E-state index contributed by atoms with van der Waals surface area (Å²) in [4.78, 5) is 39.8. The first-order valence-electron chi connectivity index (χ1n) is 8.69. The number of anilines is 1. The van der Waals surface area contributed by atoms with E-state index >= 15 is 0 Å². The lowest BCUT2D eigenvalue weighted by Crippen LogP contribution is -2.40. The van der Waals surface area contributed by atoms with E-state index in [4.69, 9.17) is 9.47 Å². The fraction of sp³-hybridized carbons (Fsp3) is 0.263. The largest absolute Gasteiger partial charge is 0.495 e. The van der Waals surface area contributed by atoms with Gasteiger partial charge in [-0.25, -0.2) is 4.98 Å². The maximum atomic E-state index is 12.8. The Morgan fingerprint density at radius 2 is 2.07 bits per heavy atom. The van der Waals surface area contributed by atoms with Crippen molar-refractivity contribution in [2.24, 2.45) is 0 Å². The van der Waals surface area contributed by atoms with E-state index in [-0.39, 0.29) is 35.9 Å². The van der Waals surface area contributed by atoms with Crippen LogP contribution in [0.4, 0.5) is 18.9 Å². The molecule has 0 radical (unpaired) electrons. The van der Waals surface area contributed by atoms with E-state index in [9.17, 15) is 27.6 Å². The normalized spacial score (nSPS) is 16.3. The van der Waals surface area contributed by atoms with Gasteiger partial charge in [0.15, 0.2) is 0 Å². The highest BCUT2D eigenvalue weighted by atomic mass is 19.4. The summed E-state index contributed by atoms with van der Waals surface area (Å²) in [5.74, 6) is -1.02. The van der Waals surface area contributed by atoms with Crippen LogP contribution >= 0.6 is 0 Å². The van der Waals surface area contributed by atoms with Crippen molar-refractivity contribution in [3.63, 3.8) is 0 Å². The number of hydrogen-bond acceptors (Lipinski definition) is 6. The molecular weight excluding hydrogens is 407 g/mol. The number of benzene rings is 1. The van der Waals surface area contributed by atoms with Crippen molar-refractivity contribution in [1.82, 2.24) is 9.88 Å². The molecule has 0 saturated carbocycles. The number of aromatic nitrogens is 1. The second-order valence-corrected chi connectivity index (χ2v) is 6.29. The molecule has 3 amide bonds. The number of alkyl halides is 3. The second-order valence-electron chi connectivity index (χ2n) is 6.29. The minimum Gasteiger partial charge on any atom is -0.495 e. The number of halogens is 3. The molecule has 3 rings (SSSR count). The summed E-state index contributed by atoms with van der Waals surface area (Å²) in [6, 6.07) is 4.79. The molecule has 11 heteroatoms. The molecule has 8 nitrogen and oxygen atoms in total. The van der Waals surface area contributed by atoms with Crippen LogP contribution in [0.2, 0.25) is 0 Å². The number of nitrogens with zero attached hydrogens (tertiary/aromatic N) is 2. The predicted octanol–water partition coefficient (Wildman–Crippen LogP) is 2.99. The number of amides is 3. The van der Waals surface area contributed by atoms with Gasteiger partial charge in [-0.1, -0.05) is 0 Å². The zero-order chi connectivity index (χ0) is 21.9. The quantitative estimate of drug-likeness (QED) is 0.718. The highest BCUT2D eigenvalue weighted by Crippen LogP contribution is 2.34. The third-order valence-corrected chi connectivity index (χ3v) is 4.39. The molecule has 1 atom stereocenters. The van der Waals surface area contributed by atoms with Crippen LogP contribution in [-0.2, 0) is 20.6 Å². The van der Waals surface area contributed by atoms with Crippen LogP contribution in [0.1, 0.15) is 18.4 Å². The van der Waals surface area contributed by atoms with Crippen molar-refractivity contribution in [2.45, 2.75) is 25.1 Å². The zero-order valence-corrected chi connectivity index (χ0v) is 15.6. The van der Waals surface area contributed by atoms with E-state index in [1.165, 1.54) is 25.3 Å². The van der Waals surface area contributed by atoms with Gasteiger partial charge < -0.3 is 14.8 Å². The summed E-state index contributed by atoms with van der Waals surface area (Å²) in [6.45, 7) is 0. The Kier molecular flexibility index (Phi) is 5.90. The molecule has 1 N–H and O–H groups in total. The molecule has 2 aromatic rings. The summed E-state index contributed by atoms with van der Waals surface area (Å²) >= 11 is 0. The Morgan fingerprint density at radius 1 is 1.30 bits per heavy atom. The number of hydrogen-bond donors (Lipinski definition) is 1. The Bertz CT molecular complexity index is 980. The van der Waals surface area contributed by atoms with Crippen molar-refractivity contribution in [3.8, 4) is 17.4 Å². The molecule has 158 valence electrons. The molecule has 30 heavy (non-hydrogen) atoms. The number of likely N-dealkylation sites (tertiary alicyclic amines) is 1. The van der Waals surface area contributed by atoms with Gasteiger partial charge in [0.05, 0.1) is 18.4 Å². The van der Waals surface area contributed by atoms with Gasteiger partial charge in [0.1, 0.15) is 17.5 Å². The molecule has 0 spiro atoms. The summed E-state index contributed by atoms with van der Waals surface area (Å²) in [7, 11) is 1.36. The van der Waals surface area contributed by atoms with Crippen molar-refractivity contribution in [1.29, 1.82) is 0 Å². The van der Waals surface area contributed by atoms with Crippen LogP contribution in [0.5, 0.6) is 17.4 Å². The first kappa shape index (κ1) is 21.1. The van der Waals surface area contributed by atoms with Gasteiger partial charge in [-0.15, -0.1) is 0 Å². The van der Waals surface area contributed by atoms with E-state index in [1.807, 2.05) is 0 Å². The average molecular weight is 423 g/mol. The number of imide groups is 1. The molecule has 1 aromatic carbocycles. The summed E-state index contributed by atoms with van der Waals surface area (Å²) < 4.78 is 49.1. The standard InChI is InChI=1S/C19H16F3N3O5/c1-29-15-4-2-12(30-16-8-11(6-7-23-16)19(20,21)22)9-13(15)24-18(28)14-3-5-17(27)25(14)10-26/h2,4,6-10,14H,3,5H2,1H3,(H,24,28). The lowest BCUT2D eigenvalue weighted by molar-refractivity contribution is -0.140. The summed E-state index contributed by atoms with van der Waals surface area (Å²) in [5, 5.41) is 2.55. The Labute approximate surface area is 168 Å². The fourth-order valence-corrected chi connectivity index (χ4v) is 2.92. The summed E-state index contributed by atoms with van der Waals surface area (Å²) in [5.41, 5.74) is -0.772. The number of ether oxygens (including phenoxy) is 2. The van der Waals surface area contributed by atoms with Crippen LogP contribution < -0.4 is 14.8 Å². The number of methoxy groups -OCH3 is 1. The third kappa shape index (κ3) is 4.50. The molecule has 1 unspecified atom stereocenters. The first-order chi connectivity index (χ1) is 14.2. The van der Waals surface area contributed by atoms with E-state index in [0.29, 0.717) is 6.41 Å². The number of rotatable bonds is 6. The van der Waals surface area contributed by atoms with E-state index in [0.717, 1.165) is 23.2 Å². The van der Waals surface area contributed by atoms with Gasteiger partial charge in [-0.2, -0.15) is 13.2 Å². The highest BCUT2D eigenvalue weighted by Gasteiger charge is 2.36. The number of pyridine rings is 1. The maximum Gasteiger partial charge on any atom is 0.416 e. The second kappa shape index (κ2) is 8.39. The number of carbonyl (C=O) groups is 3. The van der Waals surface area contributed by atoms with E-state index in [2.05, 4.69) is 10.3 Å². The smallest absolute Gasteiger partial charge is 0.416 e. The lowest BCUT2D eigenvalue weighted by atomic mass is 10.2. The average Bonchev–Trinajstić information content (AvgIpc) is 3.08. The molecule has 1 fully saturated rings. The highest BCUT2D eigenvalue weighted by molar-refractivity contribution is 6.03. The zero-order valence-electron chi connectivity index (χ0n) is 15.6. The van der Waals surface area contributed by atoms with Crippen molar-refractivity contribution in [2.75, 3.05) is 12.4 Å². The minimum atomic E-state index is -4.55. The molecule has 0 aliphatic carbocycles. The van der Waals surface area contributed by atoms with Crippen molar-refractivity contribution in [3.05, 3.63) is 42.1 Å². The Morgan fingerprint density at radius 3 is 2.73 bits per heavy atom. The first-order valence-corrected chi connectivity index (χ1v) is 8.69. The Hall–Kier alpha value is -3.63. The number of nitrogens with one attached hydrogen (secondary N) is 1. The van der Waals surface area contributed by atoms with Gasteiger partial charge in [0.2, 0.25) is 24.1 Å². The maximum absolute atomic E-state index is 12.8. The molecule has 1 aromatic heterocycles. The van der Waals surface area contributed by atoms with Gasteiger partial charge in [-0.3, -0.25) is 19.3 Å². The van der Waals surface area contributed by atoms with E-state index < -0.39 is 29.6 Å². The van der Waals surface area contributed by atoms with Crippen LogP contribution in [0.25, 0.3) is 0 Å². The van der Waals surface area contributed by atoms with Crippen molar-refractivity contribution < 1.29 is 37.0 Å². The van der Waals surface area contributed by atoms with Gasteiger partial charge in [0, 0.05) is 24.8 Å². The lowest BCUT2D eigenvalue weighted by Gasteiger charge is -2.19. The van der Waals surface area contributed by atoms with Crippen LogP contribution in [0, 0.1) is 0 Å². The molecular formula is C19H16F3N3O5. The van der Waals surface area contributed by atoms with Gasteiger partial charge in [-0.05, 0) is 24.6 Å². The van der Waals surface area contributed by atoms with Crippen molar-refractivity contribution >= 4 is 23.9 Å². The van der Waals surface area contributed by atoms with Gasteiger partial charge in [0.25, 0.3) is 0 Å². The van der Waals surface area contributed by atoms with Crippen LogP contribution in [-0.4, -0.2) is 41.3 Å². The molecule has 1 aliphatic rings. The molecule has 1 aliphatic heterocycles. The SMILES string of the molecule is COc1ccc(Oc2cc(C(F)(F)F)ccn2)cc1NC(=O)C1CCC(=O)N1C=O. The summed E-state index contributed by atoms with van der Waals surface area (Å²) in [6.07, 6.45) is -3.04. The van der Waals surface area contributed by atoms with Crippen LogP contribution in [0.15, 0.2) is 36.5 Å². The molecule has 1 saturated heterocycles. The third-order valence-electron chi connectivity index (χ3n) is 4.39. The van der Waals surface area contributed by atoms with E-state index in [1.54, 1.807) is 0 Å².